The van der Waals surface area contributed by atoms with Gasteiger partial charge in [0.2, 0.25) is 0 Å². The second kappa shape index (κ2) is 3.69. The second-order valence-electron chi connectivity index (χ2n) is 3.55. The third-order valence-electron chi connectivity index (χ3n) is 2.56. The van der Waals surface area contributed by atoms with Crippen LogP contribution >= 0.6 is 11.8 Å². The minimum absolute atomic E-state index is 0.115. The van der Waals surface area contributed by atoms with Gasteiger partial charge in [-0.25, -0.2) is 0 Å². The highest BCUT2D eigenvalue weighted by atomic mass is 32.2. The van der Waals surface area contributed by atoms with Crippen LogP contribution in [0.2, 0.25) is 0 Å². The summed E-state index contributed by atoms with van der Waals surface area (Å²) in [5.74, 6) is 0.275. The number of hydrogen-bond acceptors (Lipinski definition) is 3. The van der Waals surface area contributed by atoms with Crippen LogP contribution in [0.5, 0.6) is 0 Å². The van der Waals surface area contributed by atoms with Crippen LogP contribution in [0, 0.1) is 0 Å². The molecule has 0 unspecified atom stereocenters. The van der Waals surface area contributed by atoms with E-state index in [1.807, 2.05) is 11.8 Å². The van der Waals surface area contributed by atoms with Gasteiger partial charge < -0.3 is 9.73 Å². The summed E-state index contributed by atoms with van der Waals surface area (Å²) in [5.41, 5.74) is 0. The van der Waals surface area contributed by atoms with Crippen LogP contribution < -0.4 is 5.32 Å². The predicted molar refractivity (Wildman–Crippen MR) is 56.5 cm³/mol. The Kier molecular flexibility index (Phi) is 2.54. The molecule has 0 spiro atoms. The molecule has 1 aromatic rings. The maximum Gasteiger partial charge on any atom is 0.287 e. The van der Waals surface area contributed by atoms with E-state index < -0.39 is 0 Å². The number of rotatable bonds is 4. The normalized spacial score (nSPS) is 17.8. The molecule has 2 rings (SSSR count). The molecule has 76 valence electrons. The van der Waals surface area contributed by atoms with E-state index in [-0.39, 0.29) is 5.91 Å². The average Bonchev–Trinajstić information content (AvgIpc) is 2.78. The fraction of sp³-hybridized carbons (Fsp3) is 0.500. The zero-order chi connectivity index (χ0) is 10.0. The average molecular weight is 211 g/mol. The highest BCUT2D eigenvalue weighted by molar-refractivity contribution is 8.00. The van der Waals surface area contributed by atoms with Crippen LogP contribution in [-0.2, 0) is 0 Å². The highest BCUT2D eigenvalue weighted by Gasteiger charge is 2.42. The largest absolute Gasteiger partial charge is 0.459 e. The molecular weight excluding hydrogens is 198 g/mol. The smallest absolute Gasteiger partial charge is 0.287 e. The van der Waals surface area contributed by atoms with Crippen molar-refractivity contribution in [3.8, 4) is 0 Å². The molecule has 14 heavy (non-hydrogen) atoms. The van der Waals surface area contributed by atoms with Crippen molar-refractivity contribution < 1.29 is 9.21 Å². The first-order chi connectivity index (χ1) is 6.76. The summed E-state index contributed by atoms with van der Waals surface area (Å²) in [6.45, 7) is 0.744. The third kappa shape index (κ3) is 1.95. The molecule has 1 aromatic heterocycles. The maximum absolute atomic E-state index is 11.5. The lowest BCUT2D eigenvalue weighted by molar-refractivity contribution is 0.0925. The third-order valence-corrected chi connectivity index (χ3v) is 3.98. The molecule has 3 nitrogen and oxygen atoms in total. The highest BCUT2D eigenvalue weighted by Crippen LogP contribution is 2.46. The second-order valence-corrected chi connectivity index (χ2v) is 4.82. The van der Waals surface area contributed by atoms with E-state index in [0.29, 0.717) is 10.5 Å². The fourth-order valence-corrected chi connectivity index (χ4v) is 2.06. The summed E-state index contributed by atoms with van der Waals surface area (Å²) in [6.07, 6.45) is 6.00. The first kappa shape index (κ1) is 9.65. The number of hydrogen-bond donors (Lipinski definition) is 1. The number of amides is 1. The Morgan fingerprint density at radius 2 is 2.50 bits per heavy atom. The first-order valence-corrected chi connectivity index (χ1v) is 5.85. The monoisotopic (exact) mass is 211 g/mol. The minimum Gasteiger partial charge on any atom is -0.459 e. The number of carbonyl (C=O) groups is 1. The van der Waals surface area contributed by atoms with Gasteiger partial charge in [0.15, 0.2) is 5.76 Å². The summed E-state index contributed by atoms with van der Waals surface area (Å²) in [5, 5.41) is 2.89. The van der Waals surface area contributed by atoms with Crippen molar-refractivity contribution in [2.24, 2.45) is 0 Å². The number of thioether (sulfide) groups is 1. The quantitative estimate of drug-likeness (QED) is 0.827. The molecule has 1 N–H and O–H groups in total. The maximum atomic E-state index is 11.5. The van der Waals surface area contributed by atoms with E-state index in [1.54, 1.807) is 12.1 Å². The molecule has 0 saturated heterocycles. The minimum atomic E-state index is -0.115. The molecule has 0 aromatic carbocycles. The Labute approximate surface area is 87.2 Å². The van der Waals surface area contributed by atoms with Gasteiger partial charge in [-0.1, -0.05) is 0 Å². The van der Waals surface area contributed by atoms with E-state index in [9.17, 15) is 4.79 Å². The van der Waals surface area contributed by atoms with Crippen molar-refractivity contribution in [1.29, 1.82) is 0 Å². The Morgan fingerprint density at radius 1 is 1.71 bits per heavy atom. The lowest BCUT2D eigenvalue weighted by Gasteiger charge is -2.11. The Balaban J connectivity index is 1.84. The van der Waals surface area contributed by atoms with Gasteiger partial charge in [0, 0.05) is 11.3 Å². The standard InChI is InChI=1S/C10H13NO2S/c1-14-10(4-5-10)7-11-9(12)8-3-2-6-13-8/h2-3,6H,4-5,7H2,1H3,(H,11,12). The zero-order valence-corrected chi connectivity index (χ0v) is 8.89. The van der Waals surface area contributed by atoms with E-state index in [0.717, 1.165) is 6.54 Å². The Hall–Kier alpha value is -0.900. The van der Waals surface area contributed by atoms with Gasteiger partial charge in [0.25, 0.3) is 5.91 Å². The van der Waals surface area contributed by atoms with Gasteiger partial charge in [0.05, 0.1) is 6.26 Å². The number of nitrogens with one attached hydrogen (secondary N) is 1. The zero-order valence-electron chi connectivity index (χ0n) is 8.08. The van der Waals surface area contributed by atoms with Crippen LogP contribution in [0.4, 0.5) is 0 Å². The molecule has 1 saturated carbocycles. The lowest BCUT2D eigenvalue weighted by atomic mass is 10.3. The van der Waals surface area contributed by atoms with Crippen LogP contribution in [0.15, 0.2) is 22.8 Å². The van der Waals surface area contributed by atoms with E-state index in [1.165, 1.54) is 19.1 Å². The van der Waals surface area contributed by atoms with Crippen LogP contribution in [0.3, 0.4) is 0 Å². The SMILES string of the molecule is CSC1(CNC(=O)c2ccco2)CC1. The predicted octanol–water partition coefficient (Wildman–Crippen LogP) is 1.91. The molecule has 4 heteroatoms. The van der Waals surface area contributed by atoms with Crippen molar-refractivity contribution in [3.63, 3.8) is 0 Å². The van der Waals surface area contributed by atoms with Gasteiger partial charge in [0.1, 0.15) is 0 Å². The van der Waals surface area contributed by atoms with Crippen molar-refractivity contribution >= 4 is 17.7 Å². The summed E-state index contributed by atoms with van der Waals surface area (Å²) >= 11 is 1.83. The molecule has 0 atom stereocenters. The van der Waals surface area contributed by atoms with Gasteiger partial charge >= 0.3 is 0 Å². The van der Waals surface area contributed by atoms with Gasteiger partial charge in [-0.15, -0.1) is 0 Å². The molecular formula is C10H13NO2S. The molecule has 1 aliphatic carbocycles. The van der Waals surface area contributed by atoms with Crippen LogP contribution in [0.1, 0.15) is 23.4 Å². The van der Waals surface area contributed by atoms with Gasteiger partial charge in [-0.2, -0.15) is 11.8 Å². The summed E-state index contributed by atoms with van der Waals surface area (Å²) in [4.78, 5) is 11.5. The molecule has 1 aliphatic rings. The Bertz CT molecular complexity index is 317. The van der Waals surface area contributed by atoms with Crippen molar-refractivity contribution in [3.05, 3.63) is 24.2 Å². The van der Waals surface area contributed by atoms with Gasteiger partial charge in [-0.3, -0.25) is 4.79 Å². The molecule has 1 amide bonds. The van der Waals surface area contributed by atoms with Crippen LogP contribution in [0.25, 0.3) is 0 Å². The van der Waals surface area contributed by atoms with Gasteiger partial charge in [-0.05, 0) is 31.2 Å². The molecule has 1 fully saturated rings. The summed E-state index contributed by atoms with van der Waals surface area (Å²) in [7, 11) is 0. The topological polar surface area (TPSA) is 42.2 Å². The molecule has 0 aliphatic heterocycles. The van der Waals surface area contributed by atoms with E-state index in [4.69, 9.17) is 4.42 Å². The molecule has 0 bridgehead atoms. The molecule has 1 heterocycles. The van der Waals surface area contributed by atoms with Crippen molar-refractivity contribution in [2.45, 2.75) is 17.6 Å². The van der Waals surface area contributed by atoms with Crippen molar-refractivity contribution in [2.75, 3.05) is 12.8 Å². The Morgan fingerprint density at radius 3 is 3.00 bits per heavy atom. The summed E-state index contributed by atoms with van der Waals surface area (Å²) in [6, 6.07) is 3.39. The van der Waals surface area contributed by atoms with E-state index in [2.05, 4.69) is 11.6 Å². The number of furan rings is 1. The first-order valence-electron chi connectivity index (χ1n) is 4.63. The lowest BCUT2D eigenvalue weighted by Crippen LogP contribution is -2.31. The van der Waals surface area contributed by atoms with E-state index >= 15 is 0 Å². The number of carbonyl (C=O) groups excluding carboxylic acids is 1. The molecule has 0 radical (unpaired) electrons. The van der Waals surface area contributed by atoms with Crippen molar-refractivity contribution in [1.82, 2.24) is 5.32 Å². The van der Waals surface area contributed by atoms with Crippen LogP contribution in [-0.4, -0.2) is 23.5 Å². The fourth-order valence-electron chi connectivity index (χ4n) is 1.33. The summed E-state index contributed by atoms with van der Waals surface area (Å²) < 4.78 is 5.30.